The Morgan fingerprint density at radius 2 is 2.24 bits per heavy atom. The molecule has 0 bridgehead atoms. The molecule has 0 N–H and O–H groups in total. The van der Waals surface area contributed by atoms with Gasteiger partial charge in [0.05, 0.1) is 12.5 Å². The zero-order valence-electron chi connectivity index (χ0n) is 12.8. The van der Waals surface area contributed by atoms with Gasteiger partial charge in [-0.05, 0) is 18.8 Å². The van der Waals surface area contributed by atoms with E-state index in [-0.39, 0.29) is 24.1 Å². The van der Waals surface area contributed by atoms with E-state index in [1.807, 2.05) is 0 Å². The Morgan fingerprint density at radius 1 is 1.43 bits per heavy atom. The molecule has 2 saturated heterocycles. The molecule has 6 atom stereocenters. The molecular weight excluding hydrogens is 275 g/mol. The van der Waals surface area contributed by atoms with E-state index in [0.717, 1.165) is 19.3 Å². The Bertz CT molecular complexity index is 402. The van der Waals surface area contributed by atoms with Gasteiger partial charge in [0.2, 0.25) is 0 Å². The highest BCUT2D eigenvalue weighted by Gasteiger charge is 2.57. The molecule has 0 amide bonds. The van der Waals surface area contributed by atoms with E-state index >= 15 is 0 Å². The van der Waals surface area contributed by atoms with Gasteiger partial charge in [0.25, 0.3) is 0 Å². The largest absolute Gasteiger partial charge is 0.462 e. The number of hydrogen-bond donors (Lipinski definition) is 0. The molecule has 3 fully saturated rings. The minimum Gasteiger partial charge on any atom is -0.462 e. The van der Waals surface area contributed by atoms with Gasteiger partial charge in [-0.2, -0.15) is 0 Å². The van der Waals surface area contributed by atoms with Crippen molar-refractivity contribution in [1.29, 1.82) is 0 Å². The average molecular weight is 300 g/mol. The molecular formula is C16H25FO4. The quantitative estimate of drug-likeness (QED) is 0.732. The summed E-state index contributed by atoms with van der Waals surface area (Å²) < 4.78 is 31.5. The van der Waals surface area contributed by atoms with E-state index in [2.05, 4.69) is 6.92 Å². The molecule has 0 spiro atoms. The van der Waals surface area contributed by atoms with Gasteiger partial charge in [-0.1, -0.05) is 19.8 Å². The number of rotatable bonds is 5. The summed E-state index contributed by atoms with van der Waals surface area (Å²) in [6.45, 7) is 2.05. The van der Waals surface area contributed by atoms with Crippen molar-refractivity contribution in [2.45, 2.75) is 76.0 Å². The van der Waals surface area contributed by atoms with Crippen LogP contribution in [-0.4, -0.2) is 37.2 Å². The number of halogens is 1. The fraction of sp³-hybridized carbons (Fsp3) is 0.938. The number of methoxy groups -OCH3 is 1. The molecule has 1 aliphatic carbocycles. The van der Waals surface area contributed by atoms with E-state index in [1.165, 1.54) is 7.11 Å². The third kappa shape index (κ3) is 2.59. The van der Waals surface area contributed by atoms with Gasteiger partial charge in [0, 0.05) is 25.9 Å². The highest BCUT2D eigenvalue weighted by molar-refractivity contribution is 5.72. The van der Waals surface area contributed by atoms with Crippen molar-refractivity contribution in [2.24, 2.45) is 11.8 Å². The van der Waals surface area contributed by atoms with Gasteiger partial charge in [-0.15, -0.1) is 0 Å². The third-order valence-corrected chi connectivity index (χ3v) is 5.47. The van der Waals surface area contributed by atoms with Gasteiger partial charge in [0.15, 0.2) is 12.0 Å². The van der Waals surface area contributed by atoms with E-state index in [9.17, 15) is 9.18 Å². The molecule has 6 unspecified atom stereocenters. The molecule has 3 aliphatic rings. The molecule has 0 aromatic rings. The maximum absolute atomic E-state index is 14.6. The first-order valence-corrected chi connectivity index (χ1v) is 8.16. The summed E-state index contributed by atoms with van der Waals surface area (Å²) >= 11 is 0. The van der Waals surface area contributed by atoms with Crippen molar-refractivity contribution in [3.63, 3.8) is 0 Å². The van der Waals surface area contributed by atoms with E-state index in [4.69, 9.17) is 14.2 Å². The van der Waals surface area contributed by atoms with E-state index in [0.29, 0.717) is 31.6 Å². The first-order valence-electron chi connectivity index (χ1n) is 8.16. The fourth-order valence-electron chi connectivity index (χ4n) is 4.29. The summed E-state index contributed by atoms with van der Waals surface area (Å²) in [7, 11) is 1.54. The Morgan fingerprint density at radius 3 is 2.95 bits per heavy atom. The third-order valence-electron chi connectivity index (χ3n) is 5.47. The normalized spacial score (nSPS) is 43.3. The van der Waals surface area contributed by atoms with Crippen LogP contribution in [0.1, 0.15) is 51.9 Å². The molecule has 2 aliphatic heterocycles. The molecule has 0 aromatic carbocycles. The maximum Gasteiger partial charge on any atom is 0.306 e. The Labute approximate surface area is 125 Å². The Kier molecular flexibility index (Phi) is 4.23. The van der Waals surface area contributed by atoms with Crippen molar-refractivity contribution in [2.75, 3.05) is 7.11 Å². The van der Waals surface area contributed by atoms with Crippen LogP contribution >= 0.6 is 0 Å². The zero-order valence-corrected chi connectivity index (χ0v) is 12.8. The maximum atomic E-state index is 14.6. The number of carbonyl (C=O) groups excluding carboxylic acids is 1. The average Bonchev–Trinajstić information content (AvgIpc) is 2.99. The summed E-state index contributed by atoms with van der Waals surface area (Å²) in [5.74, 6) is -0.633. The van der Waals surface area contributed by atoms with Crippen LogP contribution in [-0.2, 0) is 19.0 Å². The summed E-state index contributed by atoms with van der Waals surface area (Å²) in [6, 6.07) is 0. The van der Waals surface area contributed by atoms with Gasteiger partial charge in [-0.3, -0.25) is 4.79 Å². The molecule has 2 heterocycles. The topological polar surface area (TPSA) is 44.8 Å². The number of carbonyl (C=O) groups is 1. The summed E-state index contributed by atoms with van der Waals surface area (Å²) in [5, 5.41) is 0. The van der Waals surface area contributed by atoms with Crippen LogP contribution in [0.5, 0.6) is 0 Å². The van der Waals surface area contributed by atoms with Crippen molar-refractivity contribution in [3.8, 4) is 0 Å². The van der Waals surface area contributed by atoms with Crippen molar-refractivity contribution < 1.29 is 23.4 Å². The van der Waals surface area contributed by atoms with Crippen LogP contribution in [0.2, 0.25) is 0 Å². The fourth-order valence-corrected chi connectivity index (χ4v) is 4.29. The summed E-state index contributed by atoms with van der Waals surface area (Å²) in [6.07, 6.45) is 3.71. The first-order chi connectivity index (χ1) is 10.1. The summed E-state index contributed by atoms with van der Waals surface area (Å²) in [5.41, 5.74) is 0. The Hall–Kier alpha value is -0.680. The molecule has 4 nitrogen and oxygen atoms in total. The predicted molar refractivity (Wildman–Crippen MR) is 74.4 cm³/mol. The van der Waals surface area contributed by atoms with Crippen LogP contribution in [0.25, 0.3) is 0 Å². The van der Waals surface area contributed by atoms with Gasteiger partial charge >= 0.3 is 5.97 Å². The molecule has 3 rings (SSSR count). The van der Waals surface area contributed by atoms with Crippen LogP contribution < -0.4 is 0 Å². The van der Waals surface area contributed by atoms with E-state index < -0.39 is 12.0 Å². The lowest BCUT2D eigenvalue weighted by Crippen LogP contribution is -2.51. The van der Waals surface area contributed by atoms with E-state index in [1.54, 1.807) is 0 Å². The van der Waals surface area contributed by atoms with Crippen molar-refractivity contribution >= 4 is 5.97 Å². The van der Waals surface area contributed by atoms with Gasteiger partial charge < -0.3 is 14.2 Å². The molecule has 21 heavy (non-hydrogen) atoms. The number of ether oxygens (including phenoxy) is 3. The minimum atomic E-state index is -1.10. The number of fused-ring (bicyclic) bond motifs is 3. The minimum absolute atomic E-state index is 0.0335. The van der Waals surface area contributed by atoms with Crippen LogP contribution in [0.3, 0.4) is 0 Å². The van der Waals surface area contributed by atoms with Crippen LogP contribution in [0, 0.1) is 11.8 Å². The number of hydrogen-bond acceptors (Lipinski definition) is 4. The molecule has 5 heteroatoms. The molecule has 0 aromatic heterocycles. The highest BCUT2D eigenvalue weighted by Crippen LogP contribution is 2.51. The number of alkyl halides is 1. The number of esters is 1. The SMILES string of the molecule is CCCCC(F)C1(OC)CCC2C(CC3OC(=O)CC32)O1. The second kappa shape index (κ2) is 5.84. The Balaban J connectivity index is 1.68. The smallest absolute Gasteiger partial charge is 0.306 e. The van der Waals surface area contributed by atoms with Crippen LogP contribution in [0.4, 0.5) is 4.39 Å². The van der Waals surface area contributed by atoms with Gasteiger partial charge in [0.1, 0.15) is 6.10 Å². The molecule has 0 radical (unpaired) electrons. The molecule has 1 saturated carbocycles. The second-order valence-corrected chi connectivity index (χ2v) is 6.62. The van der Waals surface area contributed by atoms with Crippen LogP contribution in [0.15, 0.2) is 0 Å². The lowest BCUT2D eigenvalue weighted by atomic mass is 9.83. The van der Waals surface area contributed by atoms with Crippen molar-refractivity contribution in [1.82, 2.24) is 0 Å². The predicted octanol–water partition coefficient (Wildman–Crippen LogP) is 2.99. The first kappa shape index (κ1) is 15.2. The standard InChI is InChI=1S/C16H25FO4/c1-3-4-5-14(17)16(19-2)7-6-10-11-8-15(18)20-12(11)9-13(10)21-16/h10-14H,3-9H2,1-2H3. The lowest BCUT2D eigenvalue weighted by Gasteiger charge is -2.44. The van der Waals surface area contributed by atoms with Crippen molar-refractivity contribution in [3.05, 3.63) is 0 Å². The van der Waals surface area contributed by atoms with Gasteiger partial charge in [-0.25, -0.2) is 4.39 Å². The second-order valence-electron chi connectivity index (χ2n) is 6.62. The highest BCUT2D eigenvalue weighted by atomic mass is 19.1. The molecule has 120 valence electrons. The number of unbranched alkanes of at least 4 members (excludes halogenated alkanes) is 1. The summed E-state index contributed by atoms with van der Waals surface area (Å²) in [4.78, 5) is 11.4. The monoisotopic (exact) mass is 300 g/mol. The zero-order chi connectivity index (χ0) is 15.0. The lowest BCUT2D eigenvalue weighted by molar-refractivity contribution is -0.306.